The van der Waals surface area contributed by atoms with E-state index in [1.165, 1.54) is 13.0 Å². The molecule has 4 aliphatic heterocycles. The third kappa shape index (κ3) is 4.74. The summed E-state index contributed by atoms with van der Waals surface area (Å²) < 4.78 is 67.3. The first-order chi connectivity index (χ1) is 29.3. The smallest absolute Gasteiger partial charge is 0.343 e. The molecule has 62 heavy (non-hydrogen) atoms. The van der Waals surface area contributed by atoms with Gasteiger partial charge in [0.15, 0.2) is 23.6 Å². The number of nitrogens with zero attached hydrogens (tertiary/aromatic N) is 1. The Morgan fingerprint density at radius 1 is 0.823 bits per heavy atom. The molecule has 6 fully saturated rings. The molecule has 4 aromatic rings. The molecule has 0 amide bonds. The van der Waals surface area contributed by atoms with Gasteiger partial charge in [0.1, 0.15) is 23.2 Å². The molecule has 4 saturated heterocycles. The van der Waals surface area contributed by atoms with E-state index in [0.717, 1.165) is 5.69 Å². The Balaban J connectivity index is 1.13. The number of aliphatic hydroxyl groups excluding tert-OH is 1. The number of aliphatic hydroxyl groups is 2. The van der Waals surface area contributed by atoms with E-state index in [2.05, 4.69) is 0 Å². The fourth-order valence-corrected chi connectivity index (χ4v) is 13.6. The normalized spacial score (nSPS) is 36.5. The Morgan fingerprint density at radius 2 is 1.48 bits per heavy atom. The number of esters is 3. The van der Waals surface area contributed by atoms with Crippen molar-refractivity contribution in [3.63, 3.8) is 0 Å². The van der Waals surface area contributed by atoms with Crippen molar-refractivity contribution in [1.29, 1.82) is 0 Å². The Kier molecular flexibility index (Phi) is 8.66. The monoisotopic (exact) mass is 867 g/mol. The molecular weight excluding hydrogens is 823 g/mol. The predicted octanol–water partition coefficient (Wildman–Crippen LogP) is 3.69. The van der Waals surface area contributed by atoms with Crippen LogP contribution in [0.5, 0.6) is 0 Å². The van der Waals surface area contributed by atoms with Crippen molar-refractivity contribution in [2.45, 2.75) is 87.2 Å². The maximum absolute atomic E-state index is 14.9. The average Bonchev–Trinajstić information content (AvgIpc) is 3.95. The summed E-state index contributed by atoms with van der Waals surface area (Å²) >= 11 is 0. The van der Waals surface area contributed by atoms with Crippen molar-refractivity contribution in [1.82, 2.24) is 0 Å². The summed E-state index contributed by atoms with van der Waals surface area (Å²) in [6.07, 6.45) is -10.6. The zero-order valence-electron chi connectivity index (χ0n) is 34.6. The minimum absolute atomic E-state index is 0.187. The highest BCUT2D eigenvalue weighted by atomic mass is 32.2. The highest BCUT2D eigenvalue weighted by molar-refractivity contribution is 7.87. The number of benzene rings is 4. The molecule has 6 unspecified atom stereocenters. The lowest BCUT2D eigenvalue weighted by Gasteiger charge is -2.48. The average molecular weight is 868 g/mol. The first-order valence-electron chi connectivity index (χ1n) is 20.4. The number of hydrogen-bond acceptors (Lipinski definition) is 15. The van der Waals surface area contributed by atoms with E-state index in [1.54, 1.807) is 93.6 Å². The van der Waals surface area contributed by atoms with Crippen molar-refractivity contribution in [3.05, 3.63) is 108 Å². The van der Waals surface area contributed by atoms with Crippen LogP contribution in [0.3, 0.4) is 0 Å². The molecule has 4 aromatic carbocycles. The second-order valence-corrected chi connectivity index (χ2v) is 20.1. The SMILES string of the molecule is C[C@@H]1C(=O)OC2[C@H](O)C34C5OC(=O)C3(OC3OC(=O)[C@H](OCc6ccc(C(=O)c7ccccc7)cc6)C34[C@H](C(C)(C)C)[C@H]5OS(=O)(=O)c3cccc4c(N(C)C)cccc34)[C@]21O. The molecule has 2 aliphatic carbocycles. The quantitative estimate of drug-likeness (QED) is 0.107. The van der Waals surface area contributed by atoms with Gasteiger partial charge in [-0.3, -0.25) is 13.8 Å². The minimum Gasteiger partial charge on any atom is -0.456 e. The van der Waals surface area contributed by atoms with Crippen molar-refractivity contribution in [3.8, 4) is 0 Å². The third-order valence-corrected chi connectivity index (χ3v) is 15.8. The fraction of sp³-hybridized carbons (Fsp3) is 0.435. The summed E-state index contributed by atoms with van der Waals surface area (Å²) in [6.45, 7) is 6.38. The van der Waals surface area contributed by atoms with Crippen LogP contribution in [0.15, 0.2) is 95.9 Å². The second-order valence-electron chi connectivity index (χ2n) is 18.5. The molecule has 0 aromatic heterocycles. The van der Waals surface area contributed by atoms with Crippen LogP contribution in [0, 0.1) is 28.1 Å². The summed E-state index contributed by atoms with van der Waals surface area (Å²) in [5.41, 5.74) is -8.45. The molecule has 324 valence electrons. The zero-order chi connectivity index (χ0) is 44.1. The summed E-state index contributed by atoms with van der Waals surface area (Å²) in [5, 5.41) is 26.7. The summed E-state index contributed by atoms with van der Waals surface area (Å²) in [5.74, 6) is -5.96. The number of fused-ring (bicyclic) bond motifs is 2. The molecule has 12 atom stereocenters. The van der Waals surface area contributed by atoms with Gasteiger partial charge in [0, 0.05) is 47.6 Å². The topological polar surface area (TPSA) is 202 Å². The Bertz CT molecular complexity index is 2700. The molecular formula is C46H45NO14S. The van der Waals surface area contributed by atoms with Gasteiger partial charge in [0.2, 0.25) is 11.9 Å². The molecule has 2 N–H and O–H groups in total. The predicted molar refractivity (Wildman–Crippen MR) is 217 cm³/mol. The Labute approximate surface area is 356 Å². The van der Waals surface area contributed by atoms with Crippen molar-refractivity contribution in [2.75, 3.05) is 19.0 Å². The van der Waals surface area contributed by atoms with E-state index in [4.69, 9.17) is 27.9 Å². The molecule has 2 spiro atoms. The highest BCUT2D eigenvalue weighted by Gasteiger charge is 3.05. The van der Waals surface area contributed by atoms with Gasteiger partial charge in [-0.1, -0.05) is 99.6 Å². The molecule has 0 radical (unpaired) electrons. The van der Waals surface area contributed by atoms with E-state index in [-0.39, 0.29) is 17.3 Å². The maximum atomic E-state index is 14.9. The standard InChI is InChI=1S/C46H45NO14S/c1-23-38(50)57-36-34(49)44-35-32(61-62(54,55)30-17-11-14-27-28(30)15-10-16-29(27)47(5)6)33(42(2,3)4)43(44)37(39(51)59-41(43)60-46(44,40(52)58-35)45(23,36)53)56-22-24-18-20-26(21-19-24)31(48)25-12-8-7-9-13-25/h7-21,23,32-37,41,49,53H,22H2,1-6H3/t23-,32-,33+,34+,35?,36?,37+,41?,43?,44?,45-,46?/m1/s1. The molecule has 4 heterocycles. The van der Waals surface area contributed by atoms with Gasteiger partial charge in [-0.25, -0.2) is 9.59 Å². The Hall–Kier alpha value is -5.23. The lowest BCUT2D eigenvalue weighted by atomic mass is 9.51. The molecule has 0 bridgehead atoms. The van der Waals surface area contributed by atoms with Crippen LogP contribution in [0.4, 0.5) is 5.69 Å². The summed E-state index contributed by atoms with van der Waals surface area (Å²) in [6, 6.07) is 25.3. The van der Waals surface area contributed by atoms with Crippen LogP contribution >= 0.6 is 0 Å². The van der Waals surface area contributed by atoms with Gasteiger partial charge in [0.25, 0.3) is 10.1 Å². The number of ketones is 1. The van der Waals surface area contributed by atoms with E-state index < -0.39 is 104 Å². The van der Waals surface area contributed by atoms with Crippen LogP contribution < -0.4 is 4.90 Å². The number of carbonyl (C=O) groups is 4. The Morgan fingerprint density at radius 3 is 2.16 bits per heavy atom. The lowest BCUT2D eigenvalue weighted by molar-refractivity contribution is -0.240. The van der Waals surface area contributed by atoms with Crippen molar-refractivity contribution < 1.29 is 65.7 Å². The zero-order valence-corrected chi connectivity index (χ0v) is 35.5. The van der Waals surface area contributed by atoms with Gasteiger partial charge < -0.3 is 38.8 Å². The van der Waals surface area contributed by atoms with Gasteiger partial charge in [0.05, 0.1) is 23.4 Å². The first-order valence-corrected chi connectivity index (χ1v) is 21.8. The van der Waals surface area contributed by atoms with Gasteiger partial charge >= 0.3 is 17.9 Å². The maximum Gasteiger partial charge on any atom is 0.343 e. The molecule has 2 saturated carbocycles. The van der Waals surface area contributed by atoms with E-state index in [1.807, 2.05) is 31.1 Å². The summed E-state index contributed by atoms with van der Waals surface area (Å²) in [4.78, 5) is 57.3. The number of carbonyl (C=O) groups excluding carboxylic acids is 4. The van der Waals surface area contributed by atoms with Crippen molar-refractivity contribution >= 4 is 50.3 Å². The van der Waals surface area contributed by atoms with E-state index in [9.17, 15) is 37.8 Å². The number of anilines is 1. The van der Waals surface area contributed by atoms with Crippen LogP contribution in [-0.4, -0.2) is 104 Å². The van der Waals surface area contributed by atoms with Gasteiger partial charge in [-0.05, 0) is 30.0 Å². The van der Waals surface area contributed by atoms with E-state index in [0.29, 0.717) is 27.5 Å². The van der Waals surface area contributed by atoms with Gasteiger partial charge in [-0.2, -0.15) is 8.42 Å². The number of hydrogen-bond donors (Lipinski definition) is 2. The van der Waals surface area contributed by atoms with Gasteiger partial charge in [-0.15, -0.1) is 0 Å². The fourth-order valence-electron chi connectivity index (χ4n) is 12.3. The number of rotatable bonds is 9. The molecule has 10 rings (SSSR count). The van der Waals surface area contributed by atoms with Crippen LogP contribution in [0.25, 0.3) is 10.8 Å². The third-order valence-electron chi connectivity index (χ3n) is 14.4. The summed E-state index contributed by atoms with van der Waals surface area (Å²) in [7, 11) is -1.15. The first kappa shape index (κ1) is 40.8. The highest BCUT2D eigenvalue weighted by Crippen LogP contribution is 2.85. The molecule has 6 aliphatic rings. The van der Waals surface area contributed by atoms with E-state index >= 15 is 0 Å². The molecule has 16 heteroatoms. The number of ether oxygens (including phenoxy) is 5. The van der Waals surface area contributed by atoms with Crippen molar-refractivity contribution in [2.24, 2.45) is 28.1 Å². The minimum atomic E-state index is -4.81. The van der Waals surface area contributed by atoms with Crippen LogP contribution in [0.1, 0.15) is 49.2 Å². The molecule has 15 nitrogen and oxygen atoms in total. The van der Waals surface area contributed by atoms with Crippen LogP contribution in [-0.2, 0) is 59.0 Å². The van der Waals surface area contributed by atoms with Crippen LogP contribution in [0.2, 0.25) is 0 Å². The lowest BCUT2D eigenvalue weighted by Crippen LogP contribution is -2.67. The second kappa shape index (κ2) is 13.2. The largest absolute Gasteiger partial charge is 0.456 e.